The molecule has 98 valence electrons. The minimum absolute atomic E-state index is 0.186. The Hall–Kier alpha value is -1.15. The molecule has 1 aromatic carbocycles. The summed E-state index contributed by atoms with van der Waals surface area (Å²) in [5, 5.41) is 0. The van der Waals surface area contributed by atoms with Crippen molar-refractivity contribution in [1.82, 2.24) is 0 Å². The van der Waals surface area contributed by atoms with Crippen LogP contribution in [0, 0.1) is 11.8 Å². The highest BCUT2D eigenvalue weighted by atomic mass is 16.5. The molecule has 0 N–H and O–H groups in total. The van der Waals surface area contributed by atoms with Crippen LogP contribution in [0.3, 0.4) is 0 Å². The zero-order chi connectivity index (χ0) is 13.0. The minimum Gasteiger partial charge on any atom is -0.369 e. The molecule has 18 heavy (non-hydrogen) atoms. The zero-order valence-electron chi connectivity index (χ0n) is 11.3. The molecule has 0 spiro atoms. The lowest BCUT2D eigenvalue weighted by Crippen LogP contribution is -2.27. The first-order valence-electron chi connectivity index (χ1n) is 6.84. The number of hydrogen-bond donors (Lipinski definition) is 0. The summed E-state index contributed by atoms with van der Waals surface area (Å²) in [7, 11) is 1.63. The fourth-order valence-electron chi connectivity index (χ4n) is 2.80. The first-order valence-corrected chi connectivity index (χ1v) is 6.84. The number of Topliss-reactive ketones (excluding diaryl/α,β-unsaturated/α-hetero) is 1. The molecule has 0 saturated heterocycles. The van der Waals surface area contributed by atoms with E-state index in [4.69, 9.17) is 4.74 Å². The third-order valence-corrected chi connectivity index (χ3v) is 4.01. The Labute approximate surface area is 109 Å². The number of benzene rings is 1. The monoisotopic (exact) mass is 246 g/mol. The summed E-state index contributed by atoms with van der Waals surface area (Å²) in [6, 6.07) is 9.81. The van der Waals surface area contributed by atoms with E-state index < -0.39 is 0 Å². The molecule has 0 amide bonds. The number of ketones is 1. The third-order valence-electron chi connectivity index (χ3n) is 4.01. The maximum Gasteiger partial charge on any atom is 0.169 e. The normalized spacial score (nSPS) is 25.7. The lowest BCUT2D eigenvalue weighted by atomic mass is 9.79. The van der Waals surface area contributed by atoms with Gasteiger partial charge < -0.3 is 4.74 Å². The highest BCUT2D eigenvalue weighted by Gasteiger charge is 2.30. The van der Waals surface area contributed by atoms with Gasteiger partial charge in [-0.05, 0) is 24.3 Å². The fraction of sp³-hybridized carbons (Fsp3) is 0.562. The number of carbonyl (C=O) groups is 1. The number of carbonyl (C=O) groups excluding carboxylic acids is 1. The van der Waals surface area contributed by atoms with E-state index in [0.29, 0.717) is 0 Å². The van der Waals surface area contributed by atoms with Crippen LogP contribution < -0.4 is 0 Å². The average molecular weight is 246 g/mol. The molecule has 0 bridgehead atoms. The van der Waals surface area contributed by atoms with Gasteiger partial charge in [0.25, 0.3) is 0 Å². The van der Waals surface area contributed by atoms with Crippen LogP contribution in [0.5, 0.6) is 0 Å². The number of methoxy groups -OCH3 is 1. The van der Waals surface area contributed by atoms with E-state index in [9.17, 15) is 4.79 Å². The summed E-state index contributed by atoms with van der Waals surface area (Å²) >= 11 is 0. The van der Waals surface area contributed by atoms with Crippen LogP contribution in [0.25, 0.3) is 0 Å². The van der Waals surface area contributed by atoms with Gasteiger partial charge in [-0.1, -0.05) is 50.1 Å². The van der Waals surface area contributed by atoms with Crippen molar-refractivity contribution in [3.8, 4) is 0 Å². The van der Waals surface area contributed by atoms with Gasteiger partial charge in [0, 0.05) is 13.0 Å². The molecule has 0 radical (unpaired) electrons. The van der Waals surface area contributed by atoms with Crippen LogP contribution in [-0.4, -0.2) is 12.9 Å². The van der Waals surface area contributed by atoms with Gasteiger partial charge in [0.2, 0.25) is 0 Å². The van der Waals surface area contributed by atoms with Crippen molar-refractivity contribution in [2.45, 2.75) is 38.7 Å². The summed E-state index contributed by atoms with van der Waals surface area (Å²) in [6.45, 7) is 2.27. The second-order valence-electron chi connectivity index (χ2n) is 5.39. The van der Waals surface area contributed by atoms with Crippen molar-refractivity contribution in [1.29, 1.82) is 0 Å². The van der Waals surface area contributed by atoms with Crippen molar-refractivity contribution < 1.29 is 9.53 Å². The largest absolute Gasteiger partial charge is 0.369 e. The zero-order valence-corrected chi connectivity index (χ0v) is 11.3. The predicted molar refractivity (Wildman–Crippen MR) is 72.3 cm³/mol. The second-order valence-corrected chi connectivity index (χ2v) is 5.39. The van der Waals surface area contributed by atoms with Crippen LogP contribution in [-0.2, 0) is 9.53 Å². The molecule has 0 aromatic heterocycles. The molecule has 1 fully saturated rings. The van der Waals surface area contributed by atoms with Gasteiger partial charge in [-0.2, -0.15) is 0 Å². The highest BCUT2D eigenvalue weighted by Crippen LogP contribution is 2.33. The van der Waals surface area contributed by atoms with Gasteiger partial charge in [-0.15, -0.1) is 0 Å². The van der Waals surface area contributed by atoms with E-state index in [1.807, 2.05) is 30.3 Å². The Morgan fingerprint density at radius 2 is 1.78 bits per heavy atom. The molecule has 1 aliphatic carbocycles. The number of hydrogen-bond acceptors (Lipinski definition) is 2. The van der Waals surface area contributed by atoms with Crippen LogP contribution in [0.15, 0.2) is 30.3 Å². The Morgan fingerprint density at radius 1 is 1.17 bits per heavy atom. The summed E-state index contributed by atoms with van der Waals surface area (Å²) in [5.41, 5.74) is 0.976. The van der Waals surface area contributed by atoms with E-state index >= 15 is 0 Å². The van der Waals surface area contributed by atoms with Gasteiger partial charge in [0.05, 0.1) is 0 Å². The molecule has 1 unspecified atom stereocenters. The molecule has 0 heterocycles. The minimum atomic E-state index is -0.385. The van der Waals surface area contributed by atoms with E-state index in [0.717, 1.165) is 24.3 Å². The van der Waals surface area contributed by atoms with Gasteiger partial charge in [0.15, 0.2) is 5.78 Å². The van der Waals surface area contributed by atoms with E-state index in [1.54, 1.807) is 7.11 Å². The van der Waals surface area contributed by atoms with Crippen LogP contribution in [0.1, 0.15) is 44.3 Å². The standard InChI is InChI=1S/C16H22O2/c1-12-8-10-13(11-9-12)15(17)16(18-2)14-6-4-3-5-7-14/h3-7,12-13,16H,8-11H2,1-2H3. The summed E-state index contributed by atoms with van der Waals surface area (Å²) < 4.78 is 5.43. The van der Waals surface area contributed by atoms with Crippen molar-refractivity contribution in [2.24, 2.45) is 11.8 Å². The molecule has 2 heteroatoms. The topological polar surface area (TPSA) is 26.3 Å². The summed E-state index contributed by atoms with van der Waals surface area (Å²) in [6.07, 6.45) is 3.99. The molecule has 1 aromatic rings. The number of rotatable bonds is 4. The predicted octanol–water partition coefficient (Wildman–Crippen LogP) is 3.77. The lowest BCUT2D eigenvalue weighted by Gasteiger charge is -2.27. The Kier molecular flexibility index (Phi) is 4.54. The van der Waals surface area contributed by atoms with Crippen LogP contribution >= 0.6 is 0 Å². The second kappa shape index (κ2) is 6.14. The average Bonchev–Trinajstić information content (AvgIpc) is 2.41. The van der Waals surface area contributed by atoms with Crippen molar-refractivity contribution in [3.05, 3.63) is 35.9 Å². The molecule has 2 rings (SSSR count). The van der Waals surface area contributed by atoms with Crippen LogP contribution in [0.4, 0.5) is 0 Å². The first kappa shape index (κ1) is 13.3. The molecule has 0 aliphatic heterocycles. The third kappa shape index (κ3) is 2.99. The summed E-state index contributed by atoms with van der Waals surface area (Å²) in [4.78, 5) is 12.5. The van der Waals surface area contributed by atoms with Gasteiger partial charge in [-0.25, -0.2) is 0 Å². The number of ether oxygens (including phenoxy) is 1. The molecule has 1 atom stereocenters. The van der Waals surface area contributed by atoms with Crippen molar-refractivity contribution in [2.75, 3.05) is 7.11 Å². The van der Waals surface area contributed by atoms with Gasteiger partial charge in [-0.3, -0.25) is 4.79 Å². The Balaban J connectivity index is 2.06. The quantitative estimate of drug-likeness (QED) is 0.808. The maximum atomic E-state index is 12.5. The molecule has 1 aliphatic rings. The SMILES string of the molecule is COC(C(=O)C1CCC(C)CC1)c1ccccc1. The van der Waals surface area contributed by atoms with Crippen LogP contribution in [0.2, 0.25) is 0 Å². The van der Waals surface area contributed by atoms with E-state index in [2.05, 4.69) is 6.92 Å². The van der Waals surface area contributed by atoms with E-state index in [1.165, 1.54) is 12.8 Å². The molecular formula is C16H22O2. The molecular weight excluding hydrogens is 224 g/mol. The fourth-order valence-corrected chi connectivity index (χ4v) is 2.80. The van der Waals surface area contributed by atoms with Gasteiger partial charge in [0.1, 0.15) is 6.10 Å². The molecule has 1 saturated carbocycles. The molecule has 2 nitrogen and oxygen atoms in total. The summed E-state index contributed by atoms with van der Waals surface area (Å²) in [5.74, 6) is 1.22. The van der Waals surface area contributed by atoms with Gasteiger partial charge >= 0.3 is 0 Å². The lowest BCUT2D eigenvalue weighted by molar-refractivity contribution is -0.134. The van der Waals surface area contributed by atoms with Crippen molar-refractivity contribution in [3.63, 3.8) is 0 Å². The smallest absolute Gasteiger partial charge is 0.169 e. The first-order chi connectivity index (χ1) is 8.72. The maximum absolute atomic E-state index is 12.5. The van der Waals surface area contributed by atoms with E-state index in [-0.39, 0.29) is 17.8 Å². The Bertz CT molecular complexity index is 377. The van der Waals surface area contributed by atoms with Crippen molar-refractivity contribution >= 4 is 5.78 Å². The highest BCUT2D eigenvalue weighted by molar-refractivity contribution is 5.86. The Morgan fingerprint density at radius 3 is 2.33 bits per heavy atom.